The number of amides is 1. The maximum Gasteiger partial charge on any atom is 0.416 e. The fourth-order valence-corrected chi connectivity index (χ4v) is 5.62. The highest BCUT2D eigenvalue weighted by Crippen LogP contribution is 2.33. The number of aliphatic imine (C=N–C) groups is 1. The molecule has 0 unspecified atom stereocenters. The Morgan fingerprint density at radius 1 is 1.15 bits per heavy atom. The molecule has 0 aliphatic carbocycles. The number of hydrogen-bond acceptors (Lipinski definition) is 7. The van der Waals surface area contributed by atoms with Crippen molar-refractivity contribution in [3.05, 3.63) is 58.4 Å². The van der Waals surface area contributed by atoms with Crippen molar-refractivity contribution in [3.8, 4) is 0 Å². The number of allylic oxidation sites excluding steroid dienone is 1. The number of methoxy groups -OCH3 is 2. The first-order chi connectivity index (χ1) is 19.5. The standard InChI is InChI=1S/C29H40F3N5O4/c1-18(19(2)37-11-7-20-5-6-22(29(30,31)32)15-21(20)16-37)26(35-28(33)40-4)27(38)36-12-8-23(9-13-36)34-24-10-14-41-17-25(24)39-3/h5-6,15,23-25,34H,2,7-14,16-17H2,1,3-4H3,(H2,33,35)/b26-18-/t24-,25+/m1/s1. The lowest BCUT2D eigenvalue weighted by Crippen LogP contribution is -2.54. The monoisotopic (exact) mass is 579 g/mol. The maximum absolute atomic E-state index is 13.7. The van der Waals surface area contributed by atoms with Crippen LogP contribution < -0.4 is 11.1 Å². The van der Waals surface area contributed by atoms with Crippen LogP contribution in [0.3, 0.4) is 0 Å². The zero-order valence-corrected chi connectivity index (χ0v) is 23.9. The molecule has 0 aromatic heterocycles. The predicted molar refractivity (Wildman–Crippen MR) is 149 cm³/mol. The summed E-state index contributed by atoms with van der Waals surface area (Å²) in [5, 5.41) is 3.68. The molecule has 2 atom stereocenters. The highest BCUT2D eigenvalue weighted by atomic mass is 19.4. The van der Waals surface area contributed by atoms with Crippen molar-refractivity contribution in [2.45, 2.75) is 63.5 Å². The van der Waals surface area contributed by atoms with Crippen LogP contribution in [0.4, 0.5) is 13.2 Å². The van der Waals surface area contributed by atoms with Gasteiger partial charge in [-0.15, -0.1) is 0 Å². The highest BCUT2D eigenvalue weighted by molar-refractivity contribution is 5.97. The van der Waals surface area contributed by atoms with Crippen molar-refractivity contribution in [1.29, 1.82) is 0 Å². The van der Waals surface area contributed by atoms with Crippen LogP contribution in [0.25, 0.3) is 0 Å². The number of nitrogens with two attached hydrogens (primary N) is 1. The molecule has 0 spiro atoms. The smallest absolute Gasteiger partial charge is 0.416 e. The molecule has 12 heteroatoms. The fraction of sp³-hybridized carbons (Fsp3) is 0.586. The average molecular weight is 580 g/mol. The van der Waals surface area contributed by atoms with E-state index in [2.05, 4.69) is 16.9 Å². The second kappa shape index (κ2) is 13.3. The number of likely N-dealkylation sites (tertiary alicyclic amines) is 1. The van der Waals surface area contributed by atoms with E-state index in [0.29, 0.717) is 56.1 Å². The van der Waals surface area contributed by atoms with Gasteiger partial charge in [-0.25, -0.2) is 0 Å². The number of benzene rings is 1. The topological polar surface area (TPSA) is 102 Å². The molecular weight excluding hydrogens is 539 g/mol. The lowest BCUT2D eigenvalue weighted by molar-refractivity contribution is -0.137. The molecule has 3 aliphatic rings. The number of piperidine rings is 1. The number of alkyl halides is 3. The molecule has 226 valence electrons. The molecular formula is C29H40F3N5O4. The van der Waals surface area contributed by atoms with Crippen molar-refractivity contribution in [1.82, 2.24) is 15.1 Å². The van der Waals surface area contributed by atoms with Crippen molar-refractivity contribution in [2.75, 3.05) is 47.1 Å². The number of hydrogen-bond donors (Lipinski definition) is 2. The Labute approximate surface area is 239 Å². The Morgan fingerprint density at radius 3 is 2.54 bits per heavy atom. The molecule has 2 fully saturated rings. The van der Waals surface area contributed by atoms with Crippen LogP contribution >= 0.6 is 0 Å². The third kappa shape index (κ3) is 7.41. The molecule has 0 radical (unpaired) electrons. The van der Waals surface area contributed by atoms with Gasteiger partial charge in [0, 0.05) is 63.2 Å². The van der Waals surface area contributed by atoms with E-state index >= 15 is 0 Å². The van der Waals surface area contributed by atoms with Gasteiger partial charge in [0.25, 0.3) is 11.9 Å². The van der Waals surface area contributed by atoms with Crippen molar-refractivity contribution < 1.29 is 32.2 Å². The number of halogens is 3. The van der Waals surface area contributed by atoms with E-state index < -0.39 is 11.7 Å². The summed E-state index contributed by atoms with van der Waals surface area (Å²) in [6.07, 6.45) is -1.46. The average Bonchev–Trinajstić information content (AvgIpc) is 2.98. The first kappa shape index (κ1) is 30.9. The minimum absolute atomic E-state index is 0.000214. The molecule has 9 nitrogen and oxygen atoms in total. The largest absolute Gasteiger partial charge is 0.469 e. The molecule has 1 aromatic rings. The Bertz CT molecular complexity index is 1180. The van der Waals surface area contributed by atoms with Crippen LogP contribution in [0.15, 0.2) is 46.7 Å². The van der Waals surface area contributed by atoms with E-state index in [4.69, 9.17) is 19.9 Å². The van der Waals surface area contributed by atoms with E-state index in [0.717, 1.165) is 30.9 Å². The number of fused-ring (bicyclic) bond motifs is 1. The van der Waals surface area contributed by atoms with E-state index in [1.165, 1.54) is 19.2 Å². The second-order valence-corrected chi connectivity index (χ2v) is 10.7. The van der Waals surface area contributed by atoms with Gasteiger partial charge >= 0.3 is 6.18 Å². The number of ether oxygens (including phenoxy) is 3. The minimum Gasteiger partial charge on any atom is -0.469 e. The van der Waals surface area contributed by atoms with Gasteiger partial charge in [-0.05, 0) is 55.9 Å². The van der Waals surface area contributed by atoms with Gasteiger partial charge in [0.15, 0.2) is 0 Å². The lowest BCUT2D eigenvalue weighted by Gasteiger charge is -2.38. The Morgan fingerprint density at radius 2 is 1.88 bits per heavy atom. The Balaban J connectivity index is 1.47. The number of carbonyl (C=O) groups is 1. The maximum atomic E-state index is 13.7. The van der Waals surface area contributed by atoms with Crippen molar-refractivity contribution in [2.24, 2.45) is 10.7 Å². The van der Waals surface area contributed by atoms with Gasteiger partial charge in [0.2, 0.25) is 0 Å². The first-order valence-electron chi connectivity index (χ1n) is 13.9. The van der Waals surface area contributed by atoms with Crippen LogP contribution in [0.5, 0.6) is 0 Å². The molecule has 1 aromatic carbocycles. The van der Waals surface area contributed by atoms with E-state index in [-0.39, 0.29) is 42.4 Å². The highest BCUT2D eigenvalue weighted by Gasteiger charge is 2.33. The molecule has 3 N–H and O–H groups in total. The summed E-state index contributed by atoms with van der Waals surface area (Å²) in [4.78, 5) is 21.6. The molecule has 4 rings (SSSR count). The van der Waals surface area contributed by atoms with Crippen molar-refractivity contribution in [3.63, 3.8) is 0 Å². The van der Waals surface area contributed by atoms with E-state index in [9.17, 15) is 18.0 Å². The first-order valence-corrected chi connectivity index (χ1v) is 13.9. The molecule has 2 saturated heterocycles. The summed E-state index contributed by atoms with van der Waals surface area (Å²) in [6.45, 7) is 9.02. The van der Waals surface area contributed by atoms with Gasteiger partial charge < -0.3 is 35.1 Å². The number of nitrogens with zero attached hydrogens (tertiary/aromatic N) is 3. The zero-order valence-electron chi connectivity index (χ0n) is 23.9. The number of carbonyl (C=O) groups excluding carboxylic acids is 1. The third-order valence-corrected chi connectivity index (χ3v) is 8.19. The molecule has 0 bridgehead atoms. The summed E-state index contributed by atoms with van der Waals surface area (Å²) in [5.41, 5.74) is 7.76. The lowest BCUT2D eigenvalue weighted by atomic mass is 9.96. The van der Waals surface area contributed by atoms with Crippen LogP contribution in [0, 0.1) is 0 Å². The van der Waals surface area contributed by atoms with Gasteiger partial charge in [-0.1, -0.05) is 12.6 Å². The molecule has 0 saturated carbocycles. The van der Waals surface area contributed by atoms with Crippen molar-refractivity contribution >= 4 is 11.9 Å². The van der Waals surface area contributed by atoms with Crippen LogP contribution in [-0.2, 0) is 38.1 Å². The van der Waals surface area contributed by atoms with Gasteiger partial charge in [-0.2, -0.15) is 18.2 Å². The van der Waals surface area contributed by atoms with Crippen LogP contribution in [0.2, 0.25) is 0 Å². The second-order valence-electron chi connectivity index (χ2n) is 10.7. The minimum atomic E-state index is -4.42. The third-order valence-electron chi connectivity index (χ3n) is 8.19. The van der Waals surface area contributed by atoms with Crippen LogP contribution in [-0.4, -0.2) is 87.0 Å². The predicted octanol–water partition coefficient (Wildman–Crippen LogP) is 3.20. The SMILES string of the molecule is C=C(/C(C)=C(\N=C(/N)OC)C(=O)N1CCC(N[C@@H]2CCOC[C@@H]2OC)CC1)N1CCc2ccc(C(F)(F)F)cc2C1. The summed E-state index contributed by atoms with van der Waals surface area (Å²) in [6, 6.07) is 4.12. The Kier molecular flexibility index (Phi) is 9.98. The van der Waals surface area contributed by atoms with Gasteiger partial charge in [0.1, 0.15) is 5.70 Å². The van der Waals surface area contributed by atoms with Gasteiger partial charge in [-0.3, -0.25) is 4.79 Å². The zero-order chi connectivity index (χ0) is 29.7. The van der Waals surface area contributed by atoms with E-state index in [1.54, 1.807) is 18.9 Å². The summed E-state index contributed by atoms with van der Waals surface area (Å²) in [5.74, 6) is -0.292. The molecule has 1 amide bonds. The normalized spacial score (nSPS) is 23.1. The molecule has 41 heavy (non-hydrogen) atoms. The summed E-state index contributed by atoms with van der Waals surface area (Å²) < 4.78 is 56.1. The summed E-state index contributed by atoms with van der Waals surface area (Å²) >= 11 is 0. The number of nitrogens with one attached hydrogen (secondary N) is 1. The van der Waals surface area contributed by atoms with E-state index in [1.807, 2.05) is 4.90 Å². The fourth-order valence-electron chi connectivity index (χ4n) is 5.62. The molecule has 3 heterocycles. The number of amidine groups is 1. The molecule has 3 aliphatic heterocycles. The quantitative estimate of drug-likeness (QED) is 0.222. The Hall–Kier alpha value is -3.09. The van der Waals surface area contributed by atoms with Crippen LogP contribution in [0.1, 0.15) is 42.9 Å². The summed E-state index contributed by atoms with van der Waals surface area (Å²) in [7, 11) is 3.06. The van der Waals surface area contributed by atoms with Gasteiger partial charge in [0.05, 0.1) is 25.4 Å². The number of rotatable bonds is 7.